The zero-order valence-corrected chi connectivity index (χ0v) is 12.5. The maximum absolute atomic E-state index is 14.0. The number of aryl methyl sites for hydroxylation is 1. The number of carbonyl (C=O) groups excluding carboxylic acids is 2. The second-order valence-electron chi connectivity index (χ2n) is 5.62. The number of fused-ring (bicyclic) bond motifs is 1. The SMILES string of the molecule is CCCCCCCC(=O)c1cc2c(cc1F)NC(=O)CC2. The molecule has 0 fully saturated rings. The largest absolute Gasteiger partial charge is 0.326 e. The minimum absolute atomic E-state index is 0.100. The molecule has 0 saturated carbocycles. The third-order valence-corrected chi connectivity index (χ3v) is 3.90. The number of nitrogens with one attached hydrogen (secondary N) is 1. The van der Waals surface area contributed by atoms with Gasteiger partial charge in [-0.15, -0.1) is 0 Å². The first-order valence-electron chi connectivity index (χ1n) is 7.77. The summed E-state index contributed by atoms with van der Waals surface area (Å²) < 4.78 is 14.0. The van der Waals surface area contributed by atoms with Crippen molar-refractivity contribution in [1.29, 1.82) is 0 Å². The van der Waals surface area contributed by atoms with E-state index in [-0.39, 0.29) is 17.3 Å². The van der Waals surface area contributed by atoms with E-state index in [0.717, 1.165) is 24.8 Å². The van der Waals surface area contributed by atoms with Gasteiger partial charge in [0.15, 0.2) is 5.78 Å². The third-order valence-electron chi connectivity index (χ3n) is 3.90. The molecule has 0 atom stereocenters. The Labute approximate surface area is 124 Å². The number of Topliss-reactive ketones (excluding diaryl/α,β-unsaturated/α-hetero) is 1. The molecule has 0 aromatic heterocycles. The van der Waals surface area contributed by atoms with Crippen molar-refractivity contribution >= 4 is 17.4 Å². The Morgan fingerprint density at radius 3 is 2.71 bits per heavy atom. The van der Waals surface area contributed by atoms with E-state index in [0.29, 0.717) is 24.9 Å². The van der Waals surface area contributed by atoms with Gasteiger partial charge in [0.05, 0.1) is 5.56 Å². The summed E-state index contributed by atoms with van der Waals surface area (Å²) >= 11 is 0. The number of halogens is 1. The van der Waals surface area contributed by atoms with Crippen LogP contribution in [0.15, 0.2) is 12.1 Å². The minimum Gasteiger partial charge on any atom is -0.326 e. The molecule has 1 aliphatic heterocycles. The highest BCUT2D eigenvalue weighted by atomic mass is 19.1. The summed E-state index contributed by atoms with van der Waals surface area (Å²) in [6, 6.07) is 2.88. The van der Waals surface area contributed by atoms with E-state index in [1.807, 2.05) is 0 Å². The predicted octanol–water partition coefficient (Wildman–Crippen LogP) is 4.25. The first-order valence-corrected chi connectivity index (χ1v) is 7.77. The number of hydrogen-bond acceptors (Lipinski definition) is 2. The molecule has 0 radical (unpaired) electrons. The molecule has 1 N–H and O–H groups in total. The van der Waals surface area contributed by atoms with E-state index in [2.05, 4.69) is 12.2 Å². The van der Waals surface area contributed by atoms with E-state index < -0.39 is 5.82 Å². The normalized spacial score (nSPS) is 13.7. The van der Waals surface area contributed by atoms with Crippen molar-refractivity contribution in [2.45, 2.75) is 58.3 Å². The Morgan fingerprint density at radius 1 is 1.19 bits per heavy atom. The monoisotopic (exact) mass is 291 g/mol. The molecule has 1 aliphatic rings. The zero-order chi connectivity index (χ0) is 15.2. The highest BCUT2D eigenvalue weighted by Crippen LogP contribution is 2.26. The Kier molecular flexibility index (Phi) is 5.48. The van der Waals surface area contributed by atoms with Crippen LogP contribution in [0.2, 0.25) is 0 Å². The van der Waals surface area contributed by atoms with Gasteiger partial charge in [-0.25, -0.2) is 4.39 Å². The lowest BCUT2D eigenvalue weighted by Crippen LogP contribution is -2.20. The van der Waals surface area contributed by atoms with Crippen LogP contribution in [0.1, 0.15) is 67.8 Å². The van der Waals surface area contributed by atoms with Gasteiger partial charge in [0.1, 0.15) is 5.82 Å². The molecule has 0 bridgehead atoms. The quantitative estimate of drug-likeness (QED) is 0.603. The first kappa shape index (κ1) is 15.7. The molecule has 0 saturated heterocycles. The minimum atomic E-state index is -0.533. The lowest BCUT2D eigenvalue weighted by atomic mass is 9.96. The van der Waals surface area contributed by atoms with E-state index in [1.54, 1.807) is 6.07 Å². The molecule has 1 amide bonds. The van der Waals surface area contributed by atoms with Gasteiger partial charge in [-0.05, 0) is 30.5 Å². The van der Waals surface area contributed by atoms with Gasteiger partial charge in [-0.3, -0.25) is 9.59 Å². The fourth-order valence-corrected chi connectivity index (χ4v) is 2.64. The molecule has 4 heteroatoms. The maximum Gasteiger partial charge on any atom is 0.224 e. The fourth-order valence-electron chi connectivity index (χ4n) is 2.64. The van der Waals surface area contributed by atoms with Crippen molar-refractivity contribution in [3.8, 4) is 0 Å². The number of carbonyl (C=O) groups is 2. The van der Waals surface area contributed by atoms with Crippen LogP contribution in [-0.4, -0.2) is 11.7 Å². The standard InChI is InChI=1S/C17H22FNO2/c1-2-3-4-5-6-7-16(20)13-10-12-8-9-17(21)19-15(12)11-14(13)18/h10-11H,2-9H2,1H3,(H,19,21). The number of unbranched alkanes of at least 4 members (excludes halogenated alkanes) is 4. The topological polar surface area (TPSA) is 46.2 Å². The molecule has 114 valence electrons. The van der Waals surface area contributed by atoms with Crippen molar-refractivity contribution in [3.05, 3.63) is 29.1 Å². The van der Waals surface area contributed by atoms with Crippen LogP contribution in [0, 0.1) is 5.82 Å². The smallest absolute Gasteiger partial charge is 0.224 e. The third kappa shape index (κ3) is 4.13. The summed E-state index contributed by atoms with van der Waals surface area (Å²) in [5, 5.41) is 2.64. The number of rotatable bonds is 7. The Morgan fingerprint density at radius 2 is 1.95 bits per heavy atom. The van der Waals surface area contributed by atoms with Crippen LogP contribution in [-0.2, 0) is 11.2 Å². The van der Waals surface area contributed by atoms with Crippen molar-refractivity contribution in [1.82, 2.24) is 0 Å². The molecule has 1 heterocycles. The lowest BCUT2D eigenvalue weighted by molar-refractivity contribution is -0.116. The van der Waals surface area contributed by atoms with Crippen molar-refractivity contribution < 1.29 is 14.0 Å². The van der Waals surface area contributed by atoms with Crippen molar-refractivity contribution in [2.24, 2.45) is 0 Å². The van der Waals surface area contributed by atoms with Crippen LogP contribution < -0.4 is 5.32 Å². The summed E-state index contributed by atoms with van der Waals surface area (Å²) in [6.07, 6.45) is 6.66. The van der Waals surface area contributed by atoms with Crippen LogP contribution >= 0.6 is 0 Å². The molecule has 1 aromatic carbocycles. The van der Waals surface area contributed by atoms with Crippen LogP contribution in [0.5, 0.6) is 0 Å². The average Bonchev–Trinajstić information content (AvgIpc) is 2.46. The molecule has 0 aliphatic carbocycles. The van der Waals surface area contributed by atoms with Gasteiger partial charge in [0, 0.05) is 18.5 Å². The summed E-state index contributed by atoms with van der Waals surface area (Å²) in [6.45, 7) is 2.15. The van der Waals surface area contributed by atoms with Crippen molar-refractivity contribution in [3.63, 3.8) is 0 Å². The highest BCUT2D eigenvalue weighted by Gasteiger charge is 2.20. The highest BCUT2D eigenvalue weighted by molar-refractivity contribution is 5.99. The van der Waals surface area contributed by atoms with Gasteiger partial charge in [0.25, 0.3) is 0 Å². The summed E-state index contributed by atoms with van der Waals surface area (Å²) in [4.78, 5) is 23.4. The average molecular weight is 291 g/mol. The maximum atomic E-state index is 14.0. The van der Waals surface area contributed by atoms with E-state index >= 15 is 0 Å². The van der Waals surface area contributed by atoms with Crippen LogP contribution in [0.25, 0.3) is 0 Å². The van der Waals surface area contributed by atoms with Crippen molar-refractivity contribution in [2.75, 3.05) is 5.32 Å². The molecule has 0 unspecified atom stereocenters. The van der Waals surface area contributed by atoms with Gasteiger partial charge in [-0.2, -0.15) is 0 Å². The number of anilines is 1. The van der Waals surface area contributed by atoms with Crippen LogP contribution in [0.4, 0.5) is 10.1 Å². The van der Waals surface area contributed by atoms with Gasteiger partial charge in [0.2, 0.25) is 5.91 Å². The predicted molar refractivity (Wildman–Crippen MR) is 81.1 cm³/mol. The molecular formula is C17H22FNO2. The molecule has 1 aromatic rings. The second-order valence-corrected chi connectivity index (χ2v) is 5.62. The molecule has 21 heavy (non-hydrogen) atoms. The fraction of sp³-hybridized carbons (Fsp3) is 0.529. The molecule has 2 rings (SSSR count). The molecular weight excluding hydrogens is 269 g/mol. The Bertz CT molecular complexity index is 540. The lowest BCUT2D eigenvalue weighted by Gasteiger charge is -2.18. The summed E-state index contributed by atoms with van der Waals surface area (Å²) in [5.74, 6) is -0.768. The summed E-state index contributed by atoms with van der Waals surface area (Å²) in [5.41, 5.74) is 1.52. The number of benzene rings is 1. The first-order chi connectivity index (χ1) is 10.1. The van der Waals surface area contributed by atoms with E-state index in [4.69, 9.17) is 0 Å². The molecule has 3 nitrogen and oxygen atoms in total. The Hall–Kier alpha value is -1.71. The van der Waals surface area contributed by atoms with Gasteiger partial charge in [-0.1, -0.05) is 32.6 Å². The van der Waals surface area contributed by atoms with E-state index in [1.165, 1.54) is 18.9 Å². The number of hydrogen-bond donors (Lipinski definition) is 1. The summed E-state index contributed by atoms with van der Waals surface area (Å²) in [7, 11) is 0. The number of amides is 1. The molecule has 0 spiro atoms. The second kappa shape index (κ2) is 7.34. The van der Waals surface area contributed by atoms with E-state index in [9.17, 15) is 14.0 Å². The van der Waals surface area contributed by atoms with Crippen LogP contribution in [0.3, 0.4) is 0 Å². The van der Waals surface area contributed by atoms with Gasteiger partial charge < -0.3 is 5.32 Å². The van der Waals surface area contributed by atoms with Gasteiger partial charge >= 0.3 is 0 Å². The Balaban J connectivity index is 1.99. The zero-order valence-electron chi connectivity index (χ0n) is 12.5. The number of ketones is 1.